The fraction of sp³-hybridized carbons (Fsp3) is 0.273. The molecule has 2 atom stereocenters. The van der Waals surface area contributed by atoms with E-state index in [-0.39, 0.29) is 30.4 Å². The van der Waals surface area contributed by atoms with Gasteiger partial charge in [-0.1, -0.05) is 41.9 Å². The van der Waals surface area contributed by atoms with E-state index in [9.17, 15) is 22.8 Å². The molecule has 150 valence electrons. The van der Waals surface area contributed by atoms with Crippen LogP contribution in [0.1, 0.15) is 47.8 Å². The number of ketones is 1. The Balaban J connectivity index is 1.69. The Labute approximate surface area is 170 Å². The number of hydrogen-bond donors (Lipinski definition) is 1. The topological polar surface area (TPSA) is 46.2 Å². The van der Waals surface area contributed by atoms with E-state index in [1.165, 1.54) is 12.1 Å². The normalized spacial score (nSPS) is 22.3. The fourth-order valence-corrected chi connectivity index (χ4v) is 4.47. The van der Waals surface area contributed by atoms with Crippen LogP contribution in [0.15, 0.2) is 59.8 Å². The van der Waals surface area contributed by atoms with E-state index in [1.54, 1.807) is 6.07 Å². The Kier molecular flexibility index (Phi) is 4.99. The molecule has 0 bridgehead atoms. The predicted molar refractivity (Wildman–Crippen MR) is 102 cm³/mol. The zero-order chi connectivity index (χ0) is 20.8. The summed E-state index contributed by atoms with van der Waals surface area (Å²) < 4.78 is 38.6. The molecule has 0 unspecified atom stereocenters. The summed E-state index contributed by atoms with van der Waals surface area (Å²) in [7, 11) is 0. The van der Waals surface area contributed by atoms with Gasteiger partial charge in [0.1, 0.15) is 0 Å². The van der Waals surface area contributed by atoms with Gasteiger partial charge in [-0.3, -0.25) is 9.59 Å². The van der Waals surface area contributed by atoms with Crippen molar-refractivity contribution in [1.82, 2.24) is 5.32 Å². The highest BCUT2D eigenvalue weighted by Gasteiger charge is 2.39. The smallest absolute Gasteiger partial charge is 0.329 e. The van der Waals surface area contributed by atoms with Crippen LogP contribution in [-0.2, 0) is 15.8 Å². The van der Waals surface area contributed by atoms with E-state index in [4.69, 9.17) is 11.6 Å². The molecule has 2 aromatic carbocycles. The number of allylic oxidation sites excluding steroid dienone is 2. The average molecular weight is 420 g/mol. The lowest BCUT2D eigenvalue weighted by Gasteiger charge is -2.34. The average Bonchev–Trinajstić information content (AvgIpc) is 2.66. The highest BCUT2D eigenvalue weighted by molar-refractivity contribution is 6.31. The summed E-state index contributed by atoms with van der Waals surface area (Å²) in [6.07, 6.45) is -3.70. The summed E-state index contributed by atoms with van der Waals surface area (Å²) in [4.78, 5) is 25.3. The third-order valence-electron chi connectivity index (χ3n) is 5.52. The number of amides is 1. The van der Waals surface area contributed by atoms with Crippen molar-refractivity contribution in [1.29, 1.82) is 0 Å². The predicted octanol–water partition coefficient (Wildman–Crippen LogP) is 5.36. The molecule has 1 amide bonds. The van der Waals surface area contributed by atoms with Gasteiger partial charge >= 0.3 is 6.18 Å². The first kappa shape index (κ1) is 19.7. The zero-order valence-electron chi connectivity index (χ0n) is 15.2. The van der Waals surface area contributed by atoms with Crippen LogP contribution in [0.3, 0.4) is 0 Å². The van der Waals surface area contributed by atoms with Crippen molar-refractivity contribution in [2.24, 2.45) is 0 Å². The fourth-order valence-electron chi connectivity index (χ4n) is 4.18. The van der Waals surface area contributed by atoms with E-state index in [1.807, 2.05) is 18.2 Å². The van der Waals surface area contributed by atoms with Crippen LogP contribution in [0.4, 0.5) is 13.2 Å². The highest BCUT2D eigenvalue weighted by atomic mass is 35.5. The third-order valence-corrected chi connectivity index (χ3v) is 5.87. The van der Waals surface area contributed by atoms with E-state index in [0.29, 0.717) is 28.3 Å². The molecule has 2 aliphatic rings. The first-order valence-corrected chi connectivity index (χ1v) is 9.59. The summed E-state index contributed by atoms with van der Waals surface area (Å²) in [6.45, 7) is 0. The molecule has 0 radical (unpaired) electrons. The number of halogens is 4. The van der Waals surface area contributed by atoms with Crippen LogP contribution in [0, 0.1) is 0 Å². The minimum absolute atomic E-state index is 0.0344. The Hall–Kier alpha value is -2.60. The Morgan fingerprint density at radius 1 is 0.931 bits per heavy atom. The number of hydrogen-bond acceptors (Lipinski definition) is 2. The monoisotopic (exact) mass is 419 g/mol. The maximum Gasteiger partial charge on any atom is 0.416 e. The Morgan fingerprint density at radius 3 is 2.28 bits per heavy atom. The second-order valence-corrected chi connectivity index (χ2v) is 7.77. The SMILES string of the molecule is O=C1C[C@@H](c2ccc(C(F)(F)F)cc2)C2=C(C[C@@H](c3ccccc3Cl)CC2=O)N1. The molecule has 7 heteroatoms. The standard InChI is InChI=1S/C22H17ClF3NO2/c23-17-4-2-1-3-15(17)13-9-18-21(19(28)10-13)16(11-20(29)27-18)12-5-7-14(8-6-12)22(24,25)26/h1-8,13,16H,9-11H2,(H,27,29)/t13-,16+/m1/s1. The molecule has 1 heterocycles. The molecule has 4 rings (SSSR count). The number of alkyl halides is 3. The first-order valence-electron chi connectivity index (χ1n) is 9.21. The molecule has 0 aromatic heterocycles. The molecule has 3 nitrogen and oxygen atoms in total. The van der Waals surface area contributed by atoms with Gasteiger partial charge < -0.3 is 5.32 Å². The van der Waals surface area contributed by atoms with Gasteiger partial charge in [-0.15, -0.1) is 0 Å². The number of benzene rings is 2. The van der Waals surface area contributed by atoms with Gasteiger partial charge in [-0.05, 0) is 41.7 Å². The molecule has 29 heavy (non-hydrogen) atoms. The molecular weight excluding hydrogens is 403 g/mol. The van der Waals surface area contributed by atoms with Crippen molar-refractivity contribution in [2.45, 2.75) is 37.3 Å². The minimum Gasteiger partial charge on any atom is -0.329 e. The van der Waals surface area contributed by atoms with Crippen LogP contribution < -0.4 is 5.32 Å². The van der Waals surface area contributed by atoms with Gasteiger partial charge in [-0.2, -0.15) is 13.2 Å². The number of Topliss-reactive ketones (excluding diaryl/α,β-unsaturated/α-hetero) is 1. The van der Waals surface area contributed by atoms with Gasteiger partial charge in [0.25, 0.3) is 0 Å². The van der Waals surface area contributed by atoms with Crippen LogP contribution in [0.25, 0.3) is 0 Å². The largest absolute Gasteiger partial charge is 0.416 e. The van der Waals surface area contributed by atoms with Crippen LogP contribution in [-0.4, -0.2) is 11.7 Å². The van der Waals surface area contributed by atoms with Crippen molar-refractivity contribution >= 4 is 23.3 Å². The molecule has 1 N–H and O–H groups in total. The Morgan fingerprint density at radius 2 is 1.62 bits per heavy atom. The minimum atomic E-state index is -4.43. The van der Waals surface area contributed by atoms with E-state index in [2.05, 4.69) is 5.32 Å². The molecular formula is C22H17ClF3NO2. The summed E-state index contributed by atoms with van der Waals surface area (Å²) in [5.74, 6) is -1.05. The van der Waals surface area contributed by atoms with E-state index < -0.39 is 17.7 Å². The lowest BCUT2D eigenvalue weighted by atomic mass is 9.73. The van der Waals surface area contributed by atoms with Crippen LogP contribution in [0.2, 0.25) is 5.02 Å². The van der Waals surface area contributed by atoms with Crippen molar-refractivity contribution in [3.63, 3.8) is 0 Å². The van der Waals surface area contributed by atoms with Crippen molar-refractivity contribution in [3.05, 3.63) is 81.5 Å². The number of rotatable bonds is 2. The molecule has 1 aliphatic heterocycles. The third kappa shape index (κ3) is 3.81. The molecule has 0 saturated heterocycles. The van der Waals surface area contributed by atoms with Crippen molar-refractivity contribution in [3.8, 4) is 0 Å². The van der Waals surface area contributed by atoms with Crippen molar-refractivity contribution < 1.29 is 22.8 Å². The summed E-state index contributed by atoms with van der Waals surface area (Å²) in [5.41, 5.74) is 1.66. The molecule has 0 saturated carbocycles. The summed E-state index contributed by atoms with van der Waals surface area (Å²) >= 11 is 6.28. The molecule has 0 fully saturated rings. The van der Waals surface area contributed by atoms with Gasteiger partial charge in [0.2, 0.25) is 5.91 Å². The lowest BCUT2D eigenvalue weighted by Crippen LogP contribution is -2.38. The highest BCUT2D eigenvalue weighted by Crippen LogP contribution is 2.44. The molecule has 1 aliphatic carbocycles. The second-order valence-electron chi connectivity index (χ2n) is 7.37. The first-order chi connectivity index (χ1) is 13.7. The maximum absolute atomic E-state index is 13.0. The number of carbonyl (C=O) groups excluding carboxylic acids is 2. The van der Waals surface area contributed by atoms with Gasteiger partial charge in [0.05, 0.1) is 5.56 Å². The Bertz CT molecular complexity index is 1010. The van der Waals surface area contributed by atoms with E-state index in [0.717, 1.165) is 17.7 Å². The van der Waals surface area contributed by atoms with Crippen LogP contribution in [0.5, 0.6) is 0 Å². The van der Waals surface area contributed by atoms with E-state index >= 15 is 0 Å². The summed E-state index contributed by atoms with van der Waals surface area (Å²) in [5, 5.41) is 3.37. The number of nitrogens with one attached hydrogen (secondary N) is 1. The van der Waals surface area contributed by atoms with Gasteiger partial charge in [-0.25, -0.2) is 0 Å². The van der Waals surface area contributed by atoms with Crippen molar-refractivity contribution in [2.75, 3.05) is 0 Å². The van der Waals surface area contributed by atoms with Gasteiger partial charge in [0, 0.05) is 35.1 Å². The lowest BCUT2D eigenvalue weighted by molar-refractivity contribution is -0.137. The quantitative estimate of drug-likeness (QED) is 0.712. The molecule has 0 spiro atoms. The number of carbonyl (C=O) groups is 2. The maximum atomic E-state index is 13.0. The van der Waals surface area contributed by atoms with Crippen LogP contribution >= 0.6 is 11.6 Å². The zero-order valence-corrected chi connectivity index (χ0v) is 16.0. The summed E-state index contributed by atoms with van der Waals surface area (Å²) in [6, 6.07) is 12.0. The molecule has 2 aromatic rings. The van der Waals surface area contributed by atoms with Gasteiger partial charge in [0.15, 0.2) is 5.78 Å². The second kappa shape index (κ2) is 7.34.